The highest BCUT2D eigenvalue weighted by Crippen LogP contribution is 2.08. The number of unbranched alkanes of at least 4 members (excludes halogenated alkanes) is 7. The standard InChI is InChI=1S/C21H37NO4/c1-3-4-5-6-7-8-9-10-11-12-13-14-15-16-17-19(24)22-20(18(2)23)21(25)26/h6-7,9-10,18,20,23H,3-5,8,11-17H2,1-2H3,(H,22,24)(H,25,26)/b7-6-,10-9-/t18-,20+/m1/s1. The number of allylic oxidation sites excluding steroid dienone is 4. The summed E-state index contributed by atoms with van der Waals surface area (Å²) in [5.41, 5.74) is 0. The lowest BCUT2D eigenvalue weighted by molar-refractivity contribution is -0.144. The molecule has 5 nitrogen and oxygen atoms in total. The maximum atomic E-state index is 11.7. The third-order valence-electron chi connectivity index (χ3n) is 4.17. The average molecular weight is 368 g/mol. The maximum absolute atomic E-state index is 11.7. The highest BCUT2D eigenvalue weighted by molar-refractivity contribution is 5.83. The van der Waals surface area contributed by atoms with Crippen LogP contribution >= 0.6 is 0 Å². The first kappa shape index (κ1) is 24.4. The Bertz CT molecular complexity index is 430. The monoisotopic (exact) mass is 367 g/mol. The Kier molecular flexibility index (Phi) is 15.8. The summed E-state index contributed by atoms with van der Waals surface area (Å²) in [5.74, 6) is -1.52. The van der Waals surface area contributed by atoms with Gasteiger partial charge in [-0.15, -0.1) is 0 Å². The number of aliphatic hydroxyl groups is 1. The predicted molar refractivity (Wildman–Crippen MR) is 106 cm³/mol. The van der Waals surface area contributed by atoms with Crippen LogP contribution < -0.4 is 5.32 Å². The first-order chi connectivity index (χ1) is 12.5. The van der Waals surface area contributed by atoms with E-state index in [2.05, 4.69) is 36.5 Å². The van der Waals surface area contributed by atoms with Gasteiger partial charge >= 0.3 is 5.97 Å². The number of aliphatic carboxylic acids is 1. The Labute approximate surface area is 158 Å². The number of nitrogens with one attached hydrogen (secondary N) is 1. The second kappa shape index (κ2) is 16.8. The van der Waals surface area contributed by atoms with Gasteiger partial charge in [0.25, 0.3) is 0 Å². The SMILES string of the molecule is CCCC/C=C\C/C=C\CCCCCCCC(=O)N[C@H](C(=O)O)[C@@H](C)O. The van der Waals surface area contributed by atoms with Crippen LogP contribution in [0.15, 0.2) is 24.3 Å². The number of carboxylic acid groups (broad SMARTS) is 1. The summed E-state index contributed by atoms with van der Waals surface area (Å²) in [6, 6.07) is -1.23. The number of carbonyl (C=O) groups excluding carboxylic acids is 1. The lowest BCUT2D eigenvalue weighted by Crippen LogP contribution is -2.47. The molecule has 0 unspecified atom stereocenters. The van der Waals surface area contributed by atoms with Crippen LogP contribution in [0.25, 0.3) is 0 Å². The summed E-state index contributed by atoms with van der Waals surface area (Å²) in [5, 5.41) is 20.6. The average Bonchev–Trinajstić information content (AvgIpc) is 2.59. The van der Waals surface area contributed by atoms with Crippen LogP contribution in [0.3, 0.4) is 0 Å². The fourth-order valence-corrected chi connectivity index (χ4v) is 2.54. The van der Waals surface area contributed by atoms with Crippen molar-refractivity contribution in [2.45, 2.75) is 96.6 Å². The van der Waals surface area contributed by atoms with E-state index >= 15 is 0 Å². The number of aliphatic hydroxyl groups excluding tert-OH is 1. The molecular formula is C21H37NO4. The number of carboxylic acids is 1. The lowest BCUT2D eigenvalue weighted by Gasteiger charge is -2.16. The van der Waals surface area contributed by atoms with E-state index in [-0.39, 0.29) is 5.91 Å². The molecule has 0 saturated carbocycles. The molecule has 0 saturated heterocycles. The van der Waals surface area contributed by atoms with Gasteiger partial charge in [0, 0.05) is 6.42 Å². The second-order valence-electron chi connectivity index (χ2n) is 6.75. The van der Waals surface area contributed by atoms with Gasteiger partial charge < -0.3 is 15.5 Å². The number of hydrogen-bond acceptors (Lipinski definition) is 3. The minimum Gasteiger partial charge on any atom is -0.480 e. The van der Waals surface area contributed by atoms with E-state index in [1.165, 1.54) is 26.2 Å². The van der Waals surface area contributed by atoms with E-state index in [0.717, 1.165) is 44.9 Å². The fourth-order valence-electron chi connectivity index (χ4n) is 2.54. The minimum atomic E-state index is -1.23. The molecular weight excluding hydrogens is 330 g/mol. The van der Waals surface area contributed by atoms with E-state index < -0.39 is 18.1 Å². The van der Waals surface area contributed by atoms with Crippen LogP contribution in [0.4, 0.5) is 0 Å². The van der Waals surface area contributed by atoms with Crippen molar-refractivity contribution < 1.29 is 19.8 Å². The van der Waals surface area contributed by atoms with Crippen LogP contribution in [0.2, 0.25) is 0 Å². The van der Waals surface area contributed by atoms with Gasteiger partial charge in [0.15, 0.2) is 6.04 Å². The zero-order chi connectivity index (χ0) is 19.6. The van der Waals surface area contributed by atoms with E-state index in [9.17, 15) is 14.7 Å². The van der Waals surface area contributed by atoms with Gasteiger partial charge in [-0.25, -0.2) is 4.79 Å². The first-order valence-electron chi connectivity index (χ1n) is 9.99. The molecule has 0 bridgehead atoms. The number of amides is 1. The summed E-state index contributed by atoms with van der Waals surface area (Å²) >= 11 is 0. The second-order valence-corrected chi connectivity index (χ2v) is 6.75. The third-order valence-corrected chi connectivity index (χ3v) is 4.17. The van der Waals surface area contributed by atoms with Crippen LogP contribution in [0.1, 0.15) is 84.5 Å². The highest BCUT2D eigenvalue weighted by atomic mass is 16.4. The van der Waals surface area contributed by atoms with Crippen LogP contribution in [-0.4, -0.2) is 34.2 Å². The molecule has 26 heavy (non-hydrogen) atoms. The largest absolute Gasteiger partial charge is 0.480 e. The van der Waals surface area contributed by atoms with Gasteiger partial charge in [0.1, 0.15) is 0 Å². The van der Waals surface area contributed by atoms with Crippen molar-refractivity contribution in [1.82, 2.24) is 5.32 Å². The zero-order valence-electron chi connectivity index (χ0n) is 16.5. The van der Waals surface area contributed by atoms with Crippen LogP contribution in [0.5, 0.6) is 0 Å². The normalized spacial score (nSPS) is 14.0. The van der Waals surface area contributed by atoms with Gasteiger partial charge in [-0.3, -0.25) is 4.79 Å². The minimum absolute atomic E-state index is 0.306. The molecule has 0 fully saturated rings. The molecule has 2 atom stereocenters. The summed E-state index contributed by atoms with van der Waals surface area (Å²) in [6.45, 7) is 3.56. The van der Waals surface area contributed by atoms with Crippen LogP contribution in [-0.2, 0) is 9.59 Å². The van der Waals surface area contributed by atoms with Crippen molar-refractivity contribution in [3.63, 3.8) is 0 Å². The van der Waals surface area contributed by atoms with E-state index in [0.29, 0.717) is 6.42 Å². The van der Waals surface area contributed by atoms with Gasteiger partial charge in [0.05, 0.1) is 6.10 Å². The van der Waals surface area contributed by atoms with Gasteiger partial charge in [0.2, 0.25) is 5.91 Å². The van der Waals surface area contributed by atoms with Crippen molar-refractivity contribution in [1.29, 1.82) is 0 Å². The first-order valence-corrected chi connectivity index (χ1v) is 9.99. The molecule has 3 N–H and O–H groups in total. The summed E-state index contributed by atoms with van der Waals surface area (Å²) in [6.07, 6.45) is 19.0. The maximum Gasteiger partial charge on any atom is 0.328 e. The van der Waals surface area contributed by atoms with Gasteiger partial charge in [-0.05, 0) is 39.0 Å². The molecule has 0 aromatic heterocycles. The van der Waals surface area contributed by atoms with Crippen molar-refractivity contribution in [3.8, 4) is 0 Å². The molecule has 0 aliphatic heterocycles. The molecule has 0 aromatic carbocycles. The van der Waals surface area contributed by atoms with Crippen molar-refractivity contribution in [2.24, 2.45) is 0 Å². The fraction of sp³-hybridized carbons (Fsp3) is 0.714. The number of hydrogen-bond donors (Lipinski definition) is 3. The summed E-state index contributed by atoms with van der Waals surface area (Å²) in [7, 11) is 0. The summed E-state index contributed by atoms with van der Waals surface area (Å²) < 4.78 is 0. The lowest BCUT2D eigenvalue weighted by atomic mass is 10.1. The van der Waals surface area contributed by atoms with Crippen molar-refractivity contribution >= 4 is 11.9 Å². The van der Waals surface area contributed by atoms with Crippen LogP contribution in [0, 0.1) is 0 Å². The Morgan fingerprint density at radius 3 is 2.08 bits per heavy atom. The van der Waals surface area contributed by atoms with Gasteiger partial charge in [-0.1, -0.05) is 63.3 Å². The molecule has 0 rings (SSSR count). The number of rotatable bonds is 16. The Morgan fingerprint density at radius 2 is 1.50 bits per heavy atom. The van der Waals surface area contributed by atoms with E-state index in [1.807, 2.05) is 0 Å². The Balaban J connectivity index is 3.54. The third kappa shape index (κ3) is 14.7. The molecule has 5 heteroatoms. The number of carbonyl (C=O) groups is 2. The Morgan fingerprint density at radius 1 is 0.923 bits per heavy atom. The quantitative estimate of drug-likeness (QED) is 0.279. The topological polar surface area (TPSA) is 86.6 Å². The van der Waals surface area contributed by atoms with Crippen molar-refractivity contribution in [3.05, 3.63) is 24.3 Å². The molecule has 0 spiro atoms. The summed E-state index contributed by atoms with van der Waals surface area (Å²) in [4.78, 5) is 22.6. The predicted octanol–water partition coefficient (Wildman–Crippen LogP) is 4.36. The molecule has 0 heterocycles. The molecule has 150 valence electrons. The van der Waals surface area contributed by atoms with Crippen molar-refractivity contribution in [2.75, 3.05) is 0 Å². The van der Waals surface area contributed by atoms with E-state index in [1.54, 1.807) is 0 Å². The zero-order valence-corrected chi connectivity index (χ0v) is 16.5. The molecule has 0 aliphatic rings. The molecule has 0 aromatic rings. The Hall–Kier alpha value is -1.62. The molecule has 0 aliphatic carbocycles. The molecule has 1 amide bonds. The van der Waals surface area contributed by atoms with Gasteiger partial charge in [-0.2, -0.15) is 0 Å². The van der Waals surface area contributed by atoms with E-state index in [4.69, 9.17) is 5.11 Å². The molecule has 0 radical (unpaired) electrons. The smallest absolute Gasteiger partial charge is 0.328 e. The highest BCUT2D eigenvalue weighted by Gasteiger charge is 2.24.